The van der Waals surface area contributed by atoms with Crippen LogP contribution in [-0.2, 0) is 6.42 Å². The number of aliphatic hydroxyl groups is 1. The lowest BCUT2D eigenvalue weighted by atomic mass is 10.2. The number of nitrogens with zero attached hydrogens (tertiary/aromatic N) is 1. The van der Waals surface area contributed by atoms with Crippen molar-refractivity contribution < 1.29 is 9.52 Å². The number of hydrogen-bond acceptors (Lipinski definition) is 4. The molecule has 0 bridgehead atoms. The van der Waals surface area contributed by atoms with Crippen LogP contribution in [-0.4, -0.2) is 10.1 Å². The van der Waals surface area contributed by atoms with Crippen LogP contribution < -0.4 is 0 Å². The highest BCUT2D eigenvalue weighted by Crippen LogP contribution is 2.24. The van der Waals surface area contributed by atoms with Gasteiger partial charge in [0.2, 0.25) is 0 Å². The molecule has 1 N–H and O–H groups in total. The Morgan fingerprint density at radius 2 is 2.40 bits per heavy atom. The molecule has 0 aliphatic rings. The van der Waals surface area contributed by atoms with E-state index in [0.717, 1.165) is 10.7 Å². The van der Waals surface area contributed by atoms with Gasteiger partial charge in [0.1, 0.15) is 11.9 Å². The summed E-state index contributed by atoms with van der Waals surface area (Å²) in [5.74, 6) is 0.565. The minimum Gasteiger partial charge on any atom is -0.452 e. The van der Waals surface area contributed by atoms with Crippen molar-refractivity contribution in [2.75, 3.05) is 0 Å². The summed E-state index contributed by atoms with van der Waals surface area (Å²) in [7, 11) is 0. The molecule has 2 rings (SSSR count). The highest BCUT2D eigenvalue weighted by Gasteiger charge is 2.14. The van der Waals surface area contributed by atoms with E-state index in [1.165, 1.54) is 0 Å². The van der Waals surface area contributed by atoms with Gasteiger partial charge in [-0.3, -0.25) is 0 Å². The first-order valence-electron chi connectivity index (χ1n) is 4.49. The highest BCUT2D eigenvalue weighted by molar-refractivity contribution is 9.10. The Morgan fingerprint density at radius 3 is 2.93 bits per heavy atom. The fourth-order valence-electron chi connectivity index (χ4n) is 1.27. The lowest BCUT2D eigenvalue weighted by Crippen LogP contribution is -1.99. The molecule has 0 amide bonds. The topological polar surface area (TPSA) is 46.3 Å². The molecule has 2 aromatic heterocycles. The average Bonchev–Trinajstić information content (AvgIpc) is 2.75. The zero-order chi connectivity index (χ0) is 10.8. The maximum atomic E-state index is 9.85. The van der Waals surface area contributed by atoms with Crippen LogP contribution in [0.5, 0.6) is 0 Å². The summed E-state index contributed by atoms with van der Waals surface area (Å²) < 4.78 is 5.90. The summed E-state index contributed by atoms with van der Waals surface area (Å²) in [6.45, 7) is 1.94. The van der Waals surface area contributed by atoms with Crippen molar-refractivity contribution in [2.24, 2.45) is 0 Å². The Balaban J connectivity index is 2.06. The molecule has 1 unspecified atom stereocenters. The third-order valence-electron chi connectivity index (χ3n) is 1.96. The third kappa shape index (κ3) is 2.68. The summed E-state index contributed by atoms with van der Waals surface area (Å²) in [4.78, 5) is 4.29. The van der Waals surface area contributed by atoms with Gasteiger partial charge in [0.15, 0.2) is 4.67 Å². The zero-order valence-electron chi connectivity index (χ0n) is 8.11. The maximum Gasteiger partial charge on any atom is 0.169 e. The molecular formula is C10H10BrNO2S. The molecule has 0 aliphatic heterocycles. The fourth-order valence-corrected chi connectivity index (χ4v) is 2.40. The number of halogens is 1. The number of aromatic nitrogens is 1. The highest BCUT2D eigenvalue weighted by atomic mass is 79.9. The van der Waals surface area contributed by atoms with E-state index in [2.05, 4.69) is 20.9 Å². The van der Waals surface area contributed by atoms with E-state index in [1.807, 2.05) is 12.3 Å². The van der Waals surface area contributed by atoms with Gasteiger partial charge in [0.05, 0.1) is 5.01 Å². The SMILES string of the molecule is Cc1csc(CC(O)c2ccc(Br)o2)n1. The average molecular weight is 288 g/mol. The first-order chi connectivity index (χ1) is 7.15. The Kier molecular flexibility index (Phi) is 3.23. The molecule has 3 nitrogen and oxygen atoms in total. The lowest BCUT2D eigenvalue weighted by Gasteiger charge is -2.04. The van der Waals surface area contributed by atoms with E-state index in [4.69, 9.17) is 4.42 Å². The number of furan rings is 1. The molecule has 0 aliphatic carbocycles. The summed E-state index contributed by atoms with van der Waals surface area (Å²) in [6, 6.07) is 3.53. The van der Waals surface area contributed by atoms with Crippen LogP contribution in [0.1, 0.15) is 22.6 Å². The Morgan fingerprint density at radius 1 is 1.60 bits per heavy atom. The number of rotatable bonds is 3. The summed E-state index contributed by atoms with van der Waals surface area (Å²) in [5, 5.41) is 12.7. The molecule has 80 valence electrons. The number of aliphatic hydroxyl groups excluding tert-OH is 1. The van der Waals surface area contributed by atoms with Crippen molar-refractivity contribution >= 4 is 27.3 Å². The second-order valence-corrected chi connectivity index (χ2v) is 4.97. The molecule has 0 fully saturated rings. The Labute approximate surface area is 99.9 Å². The zero-order valence-corrected chi connectivity index (χ0v) is 10.5. The summed E-state index contributed by atoms with van der Waals surface area (Å²) >= 11 is 4.75. The molecule has 2 aromatic rings. The minimum atomic E-state index is -0.623. The van der Waals surface area contributed by atoms with Crippen molar-refractivity contribution in [3.63, 3.8) is 0 Å². The van der Waals surface area contributed by atoms with Crippen molar-refractivity contribution in [1.82, 2.24) is 4.98 Å². The van der Waals surface area contributed by atoms with E-state index >= 15 is 0 Å². The number of hydrogen-bond donors (Lipinski definition) is 1. The van der Waals surface area contributed by atoms with Gasteiger partial charge in [-0.1, -0.05) is 0 Å². The van der Waals surface area contributed by atoms with Crippen LogP contribution in [0.25, 0.3) is 0 Å². The van der Waals surface area contributed by atoms with E-state index in [1.54, 1.807) is 23.5 Å². The van der Waals surface area contributed by atoms with Crippen molar-refractivity contribution in [2.45, 2.75) is 19.4 Å². The molecule has 0 aromatic carbocycles. The molecule has 15 heavy (non-hydrogen) atoms. The van der Waals surface area contributed by atoms with Crippen LogP contribution in [0.4, 0.5) is 0 Å². The summed E-state index contributed by atoms with van der Waals surface area (Å²) in [6.07, 6.45) is -0.125. The van der Waals surface area contributed by atoms with Gasteiger partial charge in [0, 0.05) is 17.5 Å². The van der Waals surface area contributed by atoms with Gasteiger partial charge in [-0.25, -0.2) is 4.98 Å². The quantitative estimate of drug-likeness (QED) is 0.944. The monoisotopic (exact) mass is 287 g/mol. The molecule has 5 heteroatoms. The van der Waals surface area contributed by atoms with Crippen molar-refractivity contribution in [3.8, 4) is 0 Å². The van der Waals surface area contributed by atoms with Crippen LogP contribution in [0.15, 0.2) is 26.6 Å². The largest absolute Gasteiger partial charge is 0.452 e. The van der Waals surface area contributed by atoms with Crippen molar-refractivity contribution in [1.29, 1.82) is 0 Å². The van der Waals surface area contributed by atoms with E-state index < -0.39 is 6.10 Å². The van der Waals surface area contributed by atoms with Crippen LogP contribution in [0.2, 0.25) is 0 Å². The van der Waals surface area contributed by atoms with Crippen molar-refractivity contribution in [3.05, 3.63) is 38.6 Å². The fraction of sp³-hybridized carbons (Fsp3) is 0.300. The molecule has 2 heterocycles. The van der Waals surface area contributed by atoms with Crippen LogP contribution in [0, 0.1) is 6.92 Å². The smallest absolute Gasteiger partial charge is 0.169 e. The molecule has 0 saturated carbocycles. The minimum absolute atomic E-state index is 0.498. The predicted octanol–water partition coefficient (Wildman–Crippen LogP) is 3.08. The lowest BCUT2D eigenvalue weighted by molar-refractivity contribution is 0.148. The predicted molar refractivity (Wildman–Crippen MR) is 61.9 cm³/mol. The van der Waals surface area contributed by atoms with Crippen LogP contribution >= 0.6 is 27.3 Å². The molecular weight excluding hydrogens is 278 g/mol. The van der Waals surface area contributed by atoms with E-state index in [9.17, 15) is 5.11 Å². The van der Waals surface area contributed by atoms with Gasteiger partial charge in [0.25, 0.3) is 0 Å². The van der Waals surface area contributed by atoms with E-state index in [0.29, 0.717) is 16.9 Å². The molecule has 1 atom stereocenters. The van der Waals surface area contributed by atoms with Gasteiger partial charge in [-0.2, -0.15) is 0 Å². The first kappa shape index (κ1) is 10.9. The number of thiazole rings is 1. The summed E-state index contributed by atoms with van der Waals surface area (Å²) in [5.41, 5.74) is 0.989. The Hall–Kier alpha value is -0.650. The molecule has 0 spiro atoms. The van der Waals surface area contributed by atoms with Gasteiger partial charge >= 0.3 is 0 Å². The second-order valence-electron chi connectivity index (χ2n) is 3.24. The van der Waals surface area contributed by atoms with Gasteiger partial charge in [-0.15, -0.1) is 11.3 Å². The second kappa shape index (κ2) is 4.47. The molecule has 0 saturated heterocycles. The Bertz CT molecular complexity index is 452. The third-order valence-corrected chi connectivity index (χ3v) is 3.37. The maximum absolute atomic E-state index is 9.85. The normalized spacial score (nSPS) is 13.0. The van der Waals surface area contributed by atoms with Gasteiger partial charge in [-0.05, 0) is 35.0 Å². The van der Waals surface area contributed by atoms with Crippen LogP contribution in [0.3, 0.4) is 0 Å². The number of aryl methyl sites for hydroxylation is 1. The first-order valence-corrected chi connectivity index (χ1v) is 6.16. The van der Waals surface area contributed by atoms with Gasteiger partial charge < -0.3 is 9.52 Å². The standard InChI is InChI=1S/C10H10BrNO2S/c1-6-5-15-10(12-6)4-7(13)8-2-3-9(11)14-8/h2-3,5,7,13H,4H2,1H3. The van der Waals surface area contributed by atoms with E-state index in [-0.39, 0.29) is 0 Å². The molecule has 0 radical (unpaired) electrons.